The quantitative estimate of drug-likeness (QED) is 0.896. The smallest absolute Gasteiger partial charge is 0.262 e. The summed E-state index contributed by atoms with van der Waals surface area (Å²) in [6, 6.07) is 7.56. The maximum atomic E-state index is 13.1. The number of hydrogen-bond acceptors (Lipinski definition) is 3. The molecule has 0 spiro atoms. The molecule has 2 amide bonds. The van der Waals surface area contributed by atoms with Crippen LogP contribution in [0.2, 0.25) is 0 Å². The lowest BCUT2D eigenvalue weighted by molar-refractivity contribution is -0.118. The Morgan fingerprint density at radius 1 is 1.14 bits per heavy atom. The van der Waals surface area contributed by atoms with Gasteiger partial charge in [-0.25, -0.2) is 8.78 Å². The lowest BCUT2D eigenvalue weighted by Gasteiger charge is -2.18. The van der Waals surface area contributed by atoms with E-state index < -0.39 is 17.5 Å². The average Bonchev–Trinajstić information content (AvgIpc) is 2.49. The maximum absolute atomic E-state index is 13.1. The largest absolute Gasteiger partial charge is 0.482 e. The first kappa shape index (κ1) is 14.0. The van der Waals surface area contributed by atoms with Crippen LogP contribution in [0.15, 0.2) is 36.4 Å². The van der Waals surface area contributed by atoms with Crippen molar-refractivity contribution >= 4 is 23.2 Å². The number of amides is 2. The molecule has 7 heteroatoms. The number of anilines is 2. The van der Waals surface area contributed by atoms with Gasteiger partial charge < -0.3 is 15.4 Å². The fraction of sp³-hybridized carbons (Fsp3) is 0.0667. The number of fused-ring (bicyclic) bond motifs is 1. The van der Waals surface area contributed by atoms with E-state index in [4.69, 9.17) is 4.74 Å². The standard InChI is InChI=1S/C15H10F2N2O3/c16-10-3-1-8(5-11(10)17)15(21)18-9-2-4-13-12(6-9)19-14(20)7-22-13/h1-6H,7H2,(H,18,21)(H,19,20). The van der Waals surface area contributed by atoms with Crippen molar-refractivity contribution in [2.45, 2.75) is 0 Å². The molecule has 0 atom stereocenters. The second kappa shape index (κ2) is 5.44. The van der Waals surface area contributed by atoms with Crippen molar-refractivity contribution in [2.75, 3.05) is 17.2 Å². The van der Waals surface area contributed by atoms with Gasteiger partial charge >= 0.3 is 0 Å². The number of rotatable bonds is 2. The van der Waals surface area contributed by atoms with E-state index in [9.17, 15) is 18.4 Å². The molecular weight excluding hydrogens is 294 g/mol. The third-order valence-electron chi connectivity index (χ3n) is 3.05. The molecule has 0 radical (unpaired) electrons. The molecule has 1 aliphatic heterocycles. The first-order valence-corrected chi connectivity index (χ1v) is 6.36. The summed E-state index contributed by atoms with van der Waals surface area (Å²) in [6.45, 7) is -0.0619. The zero-order valence-electron chi connectivity index (χ0n) is 11.2. The van der Waals surface area contributed by atoms with Gasteiger partial charge in [0.1, 0.15) is 5.75 Å². The van der Waals surface area contributed by atoms with Crippen molar-refractivity contribution in [3.63, 3.8) is 0 Å². The van der Waals surface area contributed by atoms with E-state index in [1.54, 1.807) is 12.1 Å². The fourth-order valence-corrected chi connectivity index (χ4v) is 2.00. The lowest BCUT2D eigenvalue weighted by Crippen LogP contribution is -2.25. The Morgan fingerprint density at radius 3 is 2.73 bits per heavy atom. The molecule has 0 fully saturated rings. The van der Waals surface area contributed by atoms with Crippen LogP contribution in [-0.4, -0.2) is 18.4 Å². The number of nitrogens with one attached hydrogen (secondary N) is 2. The minimum atomic E-state index is -1.10. The van der Waals surface area contributed by atoms with Crippen LogP contribution in [0.3, 0.4) is 0 Å². The van der Waals surface area contributed by atoms with Gasteiger partial charge in [0.25, 0.3) is 11.8 Å². The van der Waals surface area contributed by atoms with E-state index in [0.29, 0.717) is 17.1 Å². The molecule has 22 heavy (non-hydrogen) atoms. The zero-order chi connectivity index (χ0) is 15.7. The third kappa shape index (κ3) is 2.73. The normalized spacial score (nSPS) is 12.9. The molecule has 1 heterocycles. The van der Waals surface area contributed by atoms with Crippen molar-refractivity contribution in [1.29, 1.82) is 0 Å². The Hall–Kier alpha value is -2.96. The molecule has 2 aromatic carbocycles. The molecule has 0 saturated carbocycles. The van der Waals surface area contributed by atoms with Gasteiger partial charge in [-0.3, -0.25) is 9.59 Å². The van der Waals surface area contributed by atoms with E-state index in [1.807, 2.05) is 0 Å². The lowest BCUT2D eigenvalue weighted by atomic mass is 10.2. The molecular formula is C15H10F2N2O3. The second-order valence-electron chi connectivity index (χ2n) is 4.63. The van der Waals surface area contributed by atoms with Crippen LogP contribution in [0.5, 0.6) is 5.75 Å². The Morgan fingerprint density at radius 2 is 1.95 bits per heavy atom. The predicted molar refractivity (Wildman–Crippen MR) is 74.9 cm³/mol. The average molecular weight is 304 g/mol. The van der Waals surface area contributed by atoms with Crippen LogP contribution in [0.25, 0.3) is 0 Å². The molecule has 0 bridgehead atoms. The summed E-state index contributed by atoms with van der Waals surface area (Å²) >= 11 is 0. The summed E-state index contributed by atoms with van der Waals surface area (Å²) in [5.41, 5.74) is 0.801. The van der Waals surface area contributed by atoms with Crippen LogP contribution < -0.4 is 15.4 Å². The van der Waals surface area contributed by atoms with Gasteiger partial charge in [-0.2, -0.15) is 0 Å². The highest BCUT2D eigenvalue weighted by molar-refractivity contribution is 6.05. The van der Waals surface area contributed by atoms with Gasteiger partial charge in [0.15, 0.2) is 18.2 Å². The Balaban J connectivity index is 1.80. The fourth-order valence-electron chi connectivity index (χ4n) is 2.00. The van der Waals surface area contributed by atoms with E-state index in [1.165, 1.54) is 12.1 Å². The Bertz CT molecular complexity index is 777. The number of ether oxygens (including phenoxy) is 1. The highest BCUT2D eigenvalue weighted by atomic mass is 19.2. The Labute approximate surface area is 123 Å². The molecule has 0 aliphatic carbocycles. The van der Waals surface area contributed by atoms with Crippen LogP contribution in [0.1, 0.15) is 10.4 Å². The summed E-state index contributed by atoms with van der Waals surface area (Å²) in [6.07, 6.45) is 0. The predicted octanol–water partition coefficient (Wildman–Crippen LogP) is 2.55. The number of hydrogen-bond donors (Lipinski definition) is 2. The van der Waals surface area contributed by atoms with E-state index in [2.05, 4.69) is 10.6 Å². The number of carbonyl (C=O) groups is 2. The topological polar surface area (TPSA) is 67.4 Å². The zero-order valence-corrected chi connectivity index (χ0v) is 11.2. The Kier molecular flexibility index (Phi) is 3.46. The van der Waals surface area contributed by atoms with Gasteiger partial charge in [0.05, 0.1) is 5.69 Å². The minimum absolute atomic E-state index is 0.0168. The second-order valence-corrected chi connectivity index (χ2v) is 4.63. The molecule has 3 rings (SSSR count). The molecule has 0 unspecified atom stereocenters. The molecule has 0 aromatic heterocycles. The number of halogens is 2. The van der Waals surface area contributed by atoms with Gasteiger partial charge in [-0.05, 0) is 36.4 Å². The van der Waals surface area contributed by atoms with Crippen LogP contribution in [0, 0.1) is 11.6 Å². The van der Waals surface area contributed by atoms with Crippen LogP contribution >= 0.6 is 0 Å². The third-order valence-corrected chi connectivity index (χ3v) is 3.05. The minimum Gasteiger partial charge on any atom is -0.482 e. The molecule has 5 nitrogen and oxygen atoms in total. The van der Waals surface area contributed by atoms with Crippen molar-refractivity contribution in [3.8, 4) is 5.75 Å². The van der Waals surface area contributed by atoms with Crippen molar-refractivity contribution in [1.82, 2.24) is 0 Å². The van der Waals surface area contributed by atoms with Crippen molar-refractivity contribution < 1.29 is 23.1 Å². The molecule has 0 saturated heterocycles. The molecule has 2 N–H and O–H groups in total. The molecule has 1 aliphatic rings. The molecule has 2 aromatic rings. The summed E-state index contributed by atoms with van der Waals surface area (Å²) in [5, 5.41) is 5.14. The summed E-state index contributed by atoms with van der Waals surface area (Å²) < 4.78 is 31.2. The van der Waals surface area contributed by atoms with Crippen molar-refractivity contribution in [2.24, 2.45) is 0 Å². The SMILES string of the molecule is O=C1COc2ccc(NC(=O)c3ccc(F)c(F)c3)cc2N1. The van der Waals surface area contributed by atoms with Gasteiger partial charge in [-0.15, -0.1) is 0 Å². The van der Waals surface area contributed by atoms with Crippen LogP contribution in [-0.2, 0) is 4.79 Å². The number of benzene rings is 2. The maximum Gasteiger partial charge on any atom is 0.262 e. The number of carbonyl (C=O) groups excluding carboxylic acids is 2. The van der Waals surface area contributed by atoms with Crippen molar-refractivity contribution in [3.05, 3.63) is 53.6 Å². The summed E-state index contributed by atoms with van der Waals surface area (Å²) in [4.78, 5) is 23.2. The summed E-state index contributed by atoms with van der Waals surface area (Å²) in [5.74, 6) is -2.52. The van der Waals surface area contributed by atoms with Gasteiger partial charge in [-0.1, -0.05) is 0 Å². The highest BCUT2D eigenvalue weighted by Crippen LogP contribution is 2.30. The van der Waals surface area contributed by atoms with E-state index in [0.717, 1.165) is 12.1 Å². The van der Waals surface area contributed by atoms with E-state index >= 15 is 0 Å². The molecule has 112 valence electrons. The van der Waals surface area contributed by atoms with Gasteiger partial charge in [0.2, 0.25) is 0 Å². The van der Waals surface area contributed by atoms with E-state index in [-0.39, 0.29) is 18.1 Å². The first-order chi connectivity index (χ1) is 10.5. The monoisotopic (exact) mass is 304 g/mol. The summed E-state index contributed by atoms with van der Waals surface area (Å²) in [7, 11) is 0. The first-order valence-electron chi connectivity index (χ1n) is 6.36. The van der Waals surface area contributed by atoms with Gasteiger partial charge in [0, 0.05) is 11.3 Å². The van der Waals surface area contributed by atoms with Crippen LogP contribution in [0.4, 0.5) is 20.2 Å². The highest BCUT2D eigenvalue weighted by Gasteiger charge is 2.17.